The van der Waals surface area contributed by atoms with E-state index in [1.165, 1.54) is 6.20 Å². The zero-order chi connectivity index (χ0) is 12.7. The number of amides is 2. The van der Waals surface area contributed by atoms with E-state index in [4.69, 9.17) is 5.73 Å². The van der Waals surface area contributed by atoms with Crippen molar-refractivity contribution >= 4 is 23.3 Å². The maximum atomic E-state index is 12.2. The quantitative estimate of drug-likeness (QED) is 0.603. The minimum absolute atomic E-state index is 0.258. The van der Waals surface area contributed by atoms with Gasteiger partial charge in [-0.1, -0.05) is 12.1 Å². The zero-order valence-corrected chi connectivity index (χ0v) is 9.33. The lowest BCUT2D eigenvalue weighted by Gasteiger charge is -2.11. The van der Waals surface area contributed by atoms with Crippen molar-refractivity contribution in [1.29, 1.82) is 0 Å². The zero-order valence-electron chi connectivity index (χ0n) is 9.33. The Labute approximate surface area is 103 Å². The van der Waals surface area contributed by atoms with E-state index in [2.05, 4.69) is 4.98 Å². The van der Waals surface area contributed by atoms with Gasteiger partial charge in [0, 0.05) is 11.9 Å². The highest BCUT2D eigenvalue weighted by Gasteiger charge is 2.38. The Balaban J connectivity index is 2.17. The molecule has 0 bridgehead atoms. The van der Waals surface area contributed by atoms with E-state index in [9.17, 15) is 9.59 Å². The lowest BCUT2D eigenvalue weighted by molar-refractivity contribution is 0.0925. The van der Waals surface area contributed by atoms with Crippen LogP contribution in [0.3, 0.4) is 0 Å². The molecule has 0 unspecified atom stereocenters. The number of carbonyl (C=O) groups is 2. The van der Waals surface area contributed by atoms with Gasteiger partial charge in [0.1, 0.15) is 5.82 Å². The number of rotatable bonds is 1. The summed E-state index contributed by atoms with van der Waals surface area (Å²) in [5.74, 6) is -0.504. The van der Waals surface area contributed by atoms with E-state index >= 15 is 0 Å². The van der Waals surface area contributed by atoms with E-state index < -0.39 is 5.91 Å². The Kier molecular flexibility index (Phi) is 2.13. The molecule has 88 valence electrons. The van der Waals surface area contributed by atoms with Gasteiger partial charge in [-0.15, -0.1) is 0 Å². The van der Waals surface area contributed by atoms with Crippen molar-refractivity contribution in [3.8, 4) is 0 Å². The maximum Gasteiger partial charge on any atom is 0.269 e. The van der Waals surface area contributed by atoms with Crippen LogP contribution in [0.4, 0.5) is 11.5 Å². The molecule has 2 N–H and O–H groups in total. The SMILES string of the molecule is Nc1cccc2c1C(=O)N(c1ccccn1)C2=O. The number of pyridine rings is 1. The monoisotopic (exact) mass is 239 g/mol. The molecule has 0 saturated carbocycles. The number of fused-ring (bicyclic) bond motifs is 1. The van der Waals surface area contributed by atoms with E-state index in [1.807, 2.05) is 0 Å². The number of nitrogens with zero attached hydrogens (tertiary/aromatic N) is 2. The second-order valence-corrected chi connectivity index (χ2v) is 3.90. The Hall–Kier alpha value is -2.69. The second-order valence-electron chi connectivity index (χ2n) is 3.90. The Morgan fingerprint density at radius 3 is 2.50 bits per heavy atom. The summed E-state index contributed by atoms with van der Waals surface area (Å²) in [4.78, 5) is 29.4. The normalized spacial score (nSPS) is 13.9. The summed E-state index contributed by atoms with van der Waals surface area (Å²) in [6.07, 6.45) is 1.53. The minimum Gasteiger partial charge on any atom is -0.398 e. The topological polar surface area (TPSA) is 76.3 Å². The predicted octanol–water partition coefficient (Wildman–Crippen LogP) is 1.46. The molecule has 1 aromatic heterocycles. The summed E-state index contributed by atoms with van der Waals surface area (Å²) in [5, 5.41) is 0. The highest BCUT2D eigenvalue weighted by atomic mass is 16.2. The van der Waals surface area contributed by atoms with E-state index in [0.717, 1.165) is 4.90 Å². The molecular weight excluding hydrogens is 230 g/mol. The molecule has 2 heterocycles. The summed E-state index contributed by atoms with van der Waals surface area (Å²) in [5.41, 5.74) is 6.64. The Morgan fingerprint density at radius 2 is 1.83 bits per heavy atom. The molecule has 1 aliphatic rings. The standard InChI is InChI=1S/C13H9N3O2/c14-9-5-3-4-8-11(9)13(18)16(12(8)17)10-6-1-2-7-15-10/h1-7H,14H2. The van der Waals surface area contributed by atoms with Crippen molar-refractivity contribution < 1.29 is 9.59 Å². The summed E-state index contributed by atoms with van der Waals surface area (Å²) in [6, 6.07) is 9.89. The molecule has 0 fully saturated rings. The smallest absolute Gasteiger partial charge is 0.269 e. The van der Waals surface area contributed by atoms with Crippen molar-refractivity contribution in [3.05, 3.63) is 53.7 Å². The fraction of sp³-hybridized carbons (Fsp3) is 0. The lowest BCUT2D eigenvalue weighted by atomic mass is 10.1. The molecule has 5 heteroatoms. The summed E-state index contributed by atoms with van der Waals surface area (Å²) in [7, 11) is 0. The molecule has 18 heavy (non-hydrogen) atoms. The maximum absolute atomic E-state index is 12.2. The van der Waals surface area contributed by atoms with Gasteiger partial charge in [0.25, 0.3) is 11.8 Å². The van der Waals surface area contributed by atoms with Crippen LogP contribution in [0.1, 0.15) is 20.7 Å². The van der Waals surface area contributed by atoms with Crippen LogP contribution in [-0.4, -0.2) is 16.8 Å². The van der Waals surface area contributed by atoms with Gasteiger partial charge in [-0.25, -0.2) is 9.88 Å². The molecule has 0 aliphatic carbocycles. The average Bonchev–Trinajstić information content (AvgIpc) is 2.64. The Bertz CT molecular complexity index is 653. The van der Waals surface area contributed by atoms with Crippen LogP contribution in [0.25, 0.3) is 0 Å². The Morgan fingerprint density at radius 1 is 1.00 bits per heavy atom. The fourth-order valence-electron chi connectivity index (χ4n) is 2.01. The molecule has 0 radical (unpaired) electrons. The van der Waals surface area contributed by atoms with Crippen molar-refractivity contribution in [1.82, 2.24) is 4.98 Å². The van der Waals surface area contributed by atoms with E-state index in [1.54, 1.807) is 36.4 Å². The van der Waals surface area contributed by atoms with Gasteiger partial charge in [0.15, 0.2) is 0 Å². The average molecular weight is 239 g/mol. The van der Waals surface area contributed by atoms with Crippen molar-refractivity contribution in [2.75, 3.05) is 10.6 Å². The van der Waals surface area contributed by atoms with Crippen LogP contribution >= 0.6 is 0 Å². The first-order valence-electron chi connectivity index (χ1n) is 5.38. The molecule has 5 nitrogen and oxygen atoms in total. The molecule has 1 aromatic carbocycles. The lowest BCUT2D eigenvalue weighted by Crippen LogP contribution is -2.30. The summed E-state index contributed by atoms with van der Waals surface area (Å²) < 4.78 is 0. The van der Waals surface area contributed by atoms with E-state index in [-0.39, 0.29) is 11.5 Å². The molecule has 3 rings (SSSR count). The largest absolute Gasteiger partial charge is 0.398 e. The van der Waals surface area contributed by atoms with Crippen LogP contribution in [0.2, 0.25) is 0 Å². The van der Waals surface area contributed by atoms with E-state index in [0.29, 0.717) is 17.1 Å². The molecule has 0 saturated heterocycles. The minimum atomic E-state index is -0.424. The second kappa shape index (κ2) is 3.66. The van der Waals surface area contributed by atoms with Gasteiger partial charge in [-0.05, 0) is 24.3 Å². The molecule has 0 atom stereocenters. The first-order chi connectivity index (χ1) is 8.70. The van der Waals surface area contributed by atoms with Gasteiger partial charge < -0.3 is 5.73 Å². The van der Waals surface area contributed by atoms with Gasteiger partial charge in [-0.3, -0.25) is 9.59 Å². The molecule has 2 amide bonds. The third-order valence-electron chi connectivity index (χ3n) is 2.83. The highest BCUT2D eigenvalue weighted by Crippen LogP contribution is 2.30. The third kappa shape index (κ3) is 1.31. The number of imide groups is 1. The molecule has 0 spiro atoms. The van der Waals surface area contributed by atoms with Gasteiger partial charge in [0.2, 0.25) is 0 Å². The van der Waals surface area contributed by atoms with Crippen LogP contribution < -0.4 is 10.6 Å². The van der Waals surface area contributed by atoms with Crippen molar-refractivity contribution in [2.45, 2.75) is 0 Å². The number of benzene rings is 1. The first-order valence-corrected chi connectivity index (χ1v) is 5.38. The number of aromatic nitrogens is 1. The van der Waals surface area contributed by atoms with Crippen LogP contribution in [0.5, 0.6) is 0 Å². The molecule has 2 aromatic rings. The molecule has 1 aliphatic heterocycles. The number of nitrogens with two attached hydrogens (primary N) is 1. The van der Waals surface area contributed by atoms with Crippen LogP contribution in [-0.2, 0) is 0 Å². The number of anilines is 2. The van der Waals surface area contributed by atoms with Crippen LogP contribution in [0, 0.1) is 0 Å². The number of carbonyl (C=O) groups excluding carboxylic acids is 2. The number of hydrogen-bond acceptors (Lipinski definition) is 4. The van der Waals surface area contributed by atoms with Crippen molar-refractivity contribution in [3.63, 3.8) is 0 Å². The highest BCUT2D eigenvalue weighted by molar-refractivity contribution is 6.35. The number of nitrogen functional groups attached to an aromatic ring is 1. The number of hydrogen-bond donors (Lipinski definition) is 1. The van der Waals surface area contributed by atoms with Gasteiger partial charge >= 0.3 is 0 Å². The predicted molar refractivity (Wildman–Crippen MR) is 66.2 cm³/mol. The van der Waals surface area contributed by atoms with Crippen molar-refractivity contribution in [2.24, 2.45) is 0 Å². The third-order valence-corrected chi connectivity index (χ3v) is 2.83. The first kappa shape index (κ1) is 10.5. The van der Waals surface area contributed by atoms with Crippen LogP contribution in [0.15, 0.2) is 42.6 Å². The summed E-state index contributed by atoms with van der Waals surface area (Å²) >= 11 is 0. The van der Waals surface area contributed by atoms with Gasteiger partial charge in [0.05, 0.1) is 11.1 Å². The summed E-state index contributed by atoms with van der Waals surface area (Å²) in [6.45, 7) is 0. The fourth-order valence-corrected chi connectivity index (χ4v) is 2.01. The van der Waals surface area contributed by atoms with Gasteiger partial charge in [-0.2, -0.15) is 0 Å². The molecular formula is C13H9N3O2.